The van der Waals surface area contributed by atoms with Crippen LogP contribution in [0.3, 0.4) is 0 Å². The van der Waals surface area contributed by atoms with E-state index in [0.717, 1.165) is 49.4 Å². The molecule has 0 amide bonds. The molecular weight excluding hydrogens is 294 g/mol. The molecule has 5 heteroatoms. The minimum Gasteiger partial charge on any atom is -0.379 e. The minimum atomic E-state index is 0.857. The number of aromatic nitrogens is 2. The highest BCUT2D eigenvalue weighted by Crippen LogP contribution is 2.18. The maximum absolute atomic E-state index is 5.36. The summed E-state index contributed by atoms with van der Waals surface area (Å²) in [7, 11) is 0. The Morgan fingerprint density at radius 2 is 2.06 bits per heavy atom. The average molecular weight is 310 g/mol. The number of benzene rings is 1. The molecule has 0 N–H and O–H groups in total. The second-order valence-corrected chi connectivity index (χ2v) is 5.44. The van der Waals surface area contributed by atoms with Crippen LogP contribution < -0.4 is 0 Å². The topological polar surface area (TPSA) is 30.3 Å². The Morgan fingerprint density at radius 1 is 1.22 bits per heavy atom. The molecule has 18 heavy (non-hydrogen) atoms. The molecule has 0 unspecified atom stereocenters. The first-order valence-corrected chi connectivity index (χ1v) is 7.03. The van der Waals surface area contributed by atoms with Crippen molar-refractivity contribution in [2.24, 2.45) is 0 Å². The summed E-state index contributed by atoms with van der Waals surface area (Å²) in [6.07, 6.45) is 1.93. The Morgan fingerprint density at radius 3 is 2.89 bits per heavy atom. The highest BCUT2D eigenvalue weighted by atomic mass is 79.9. The molecule has 4 nitrogen and oxygen atoms in total. The SMILES string of the molecule is Brc1ccc2ncn(CCN3CCOCC3)c2c1. The van der Waals surface area contributed by atoms with Gasteiger partial charge >= 0.3 is 0 Å². The molecule has 3 rings (SSSR count). The van der Waals surface area contributed by atoms with Crippen molar-refractivity contribution < 1.29 is 4.74 Å². The Hall–Kier alpha value is -0.910. The molecule has 1 fully saturated rings. The van der Waals surface area contributed by atoms with E-state index in [4.69, 9.17) is 4.74 Å². The van der Waals surface area contributed by atoms with Crippen molar-refractivity contribution in [1.29, 1.82) is 0 Å². The number of hydrogen-bond acceptors (Lipinski definition) is 3. The number of nitrogens with zero attached hydrogens (tertiary/aromatic N) is 3. The van der Waals surface area contributed by atoms with E-state index in [-0.39, 0.29) is 0 Å². The van der Waals surface area contributed by atoms with Gasteiger partial charge in [-0.15, -0.1) is 0 Å². The zero-order chi connectivity index (χ0) is 12.4. The third-order valence-electron chi connectivity index (χ3n) is 3.34. The van der Waals surface area contributed by atoms with Gasteiger partial charge in [-0.05, 0) is 18.2 Å². The van der Waals surface area contributed by atoms with E-state index in [2.05, 4.69) is 36.4 Å². The molecule has 1 aromatic heterocycles. The van der Waals surface area contributed by atoms with Gasteiger partial charge in [0, 0.05) is 30.7 Å². The monoisotopic (exact) mass is 309 g/mol. The van der Waals surface area contributed by atoms with Crippen LogP contribution in [0.15, 0.2) is 29.0 Å². The zero-order valence-electron chi connectivity index (χ0n) is 10.2. The first-order valence-electron chi connectivity index (χ1n) is 6.23. The number of hydrogen-bond donors (Lipinski definition) is 0. The lowest BCUT2D eigenvalue weighted by atomic mass is 10.3. The van der Waals surface area contributed by atoms with Crippen LogP contribution in [0.25, 0.3) is 11.0 Å². The predicted molar refractivity (Wildman–Crippen MR) is 74.7 cm³/mol. The summed E-state index contributed by atoms with van der Waals surface area (Å²) in [5, 5.41) is 0. The van der Waals surface area contributed by atoms with Crippen LogP contribution in [0.1, 0.15) is 0 Å². The second kappa shape index (κ2) is 5.38. The number of halogens is 1. The van der Waals surface area contributed by atoms with Gasteiger partial charge in [0.1, 0.15) is 0 Å². The Bertz CT molecular complexity index is 534. The lowest BCUT2D eigenvalue weighted by Crippen LogP contribution is -2.38. The average Bonchev–Trinajstić information content (AvgIpc) is 2.80. The highest BCUT2D eigenvalue weighted by Gasteiger charge is 2.10. The number of morpholine rings is 1. The molecule has 0 bridgehead atoms. The summed E-state index contributed by atoms with van der Waals surface area (Å²) >= 11 is 3.51. The maximum Gasteiger partial charge on any atom is 0.0958 e. The molecule has 1 aliphatic rings. The molecule has 0 saturated carbocycles. The Labute approximate surface area is 115 Å². The van der Waals surface area contributed by atoms with Gasteiger partial charge in [0.05, 0.1) is 30.6 Å². The first-order chi connectivity index (χ1) is 8.83. The highest BCUT2D eigenvalue weighted by molar-refractivity contribution is 9.10. The van der Waals surface area contributed by atoms with Crippen LogP contribution in [-0.2, 0) is 11.3 Å². The largest absolute Gasteiger partial charge is 0.379 e. The quantitative estimate of drug-likeness (QED) is 0.870. The minimum absolute atomic E-state index is 0.857. The fraction of sp³-hybridized carbons (Fsp3) is 0.462. The fourth-order valence-electron chi connectivity index (χ4n) is 2.28. The van der Waals surface area contributed by atoms with Gasteiger partial charge in [-0.25, -0.2) is 4.98 Å². The van der Waals surface area contributed by atoms with Crippen molar-refractivity contribution in [2.45, 2.75) is 6.54 Å². The van der Waals surface area contributed by atoms with Gasteiger partial charge in [-0.3, -0.25) is 4.90 Å². The van der Waals surface area contributed by atoms with Crippen molar-refractivity contribution in [3.8, 4) is 0 Å². The van der Waals surface area contributed by atoms with Crippen molar-refractivity contribution in [3.63, 3.8) is 0 Å². The maximum atomic E-state index is 5.36. The van der Waals surface area contributed by atoms with Crippen molar-refractivity contribution in [3.05, 3.63) is 29.0 Å². The van der Waals surface area contributed by atoms with Crippen molar-refractivity contribution in [1.82, 2.24) is 14.5 Å². The van der Waals surface area contributed by atoms with Gasteiger partial charge in [0.15, 0.2) is 0 Å². The molecule has 1 aliphatic heterocycles. The zero-order valence-corrected chi connectivity index (χ0v) is 11.8. The Kier molecular flexibility index (Phi) is 3.63. The molecule has 0 radical (unpaired) electrons. The van der Waals surface area contributed by atoms with E-state index in [9.17, 15) is 0 Å². The van der Waals surface area contributed by atoms with E-state index < -0.39 is 0 Å². The van der Waals surface area contributed by atoms with E-state index in [1.165, 1.54) is 5.52 Å². The summed E-state index contributed by atoms with van der Waals surface area (Å²) in [5.41, 5.74) is 2.25. The van der Waals surface area contributed by atoms with Gasteiger partial charge < -0.3 is 9.30 Å². The number of fused-ring (bicyclic) bond motifs is 1. The molecule has 96 valence electrons. The second-order valence-electron chi connectivity index (χ2n) is 4.53. The molecule has 0 atom stereocenters. The number of rotatable bonds is 3. The van der Waals surface area contributed by atoms with E-state index in [0.29, 0.717) is 0 Å². The van der Waals surface area contributed by atoms with Crippen LogP contribution >= 0.6 is 15.9 Å². The number of ether oxygens (including phenoxy) is 1. The standard InChI is InChI=1S/C13H16BrN3O/c14-11-1-2-12-13(9-11)17(10-15-12)4-3-16-5-7-18-8-6-16/h1-2,9-10H,3-8H2. The summed E-state index contributed by atoms with van der Waals surface area (Å²) in [5.74, 6) is 0. The summed E-state index contributed by atoms with van der Waals surface area (Å²) < 4.78 is 8.67. The first kappa shape index (κ1) is 12.1. The molecule has 1 aromatic carbocycles. The van der Waals surface area contributed by atoms with E-state index in [1.807, 2.05) is 18.5 Å². The molecule has 2 aromatic rings. The fourth-order valence-corrected chi connectivity index (χ4v) is 2.63. The van der Waals surface area contributed by atoms with Gasteiger partial charge in [-0.1, -0.05) is 15.9 Å². The van der Waals surface area contributed by atoms with Crippen LogP contribution in [0.2, 0.25) is 0 Å². The van der Waals surface area contributed by atoms with Gasteiger partial charge in [-0.2, -0.15) is 0 Å². The summed E-state index contributed by atoms with van der Waals surface area (Å²) in [4.78, 5) is 6.86. The van der Waals surface area contributed by atoms with Crippen LogP contribution in [-0.4, -0.2) is 47.3 Å². The van der Waals surface area contributed by atoms with Crippen molar-refractivity contribution in [2.75, 3.05) is 32.8 Å². The predicted octanol–water partition coefficient (Wildman–Crippen LogP) is 2.13. The molecule has 0 spiro atoms. The molecule has 1 saturated heterocycles. The smallest absolute Gasteiger partial charge is 0.0958 e. The summed E-state index contributed by atoms with van der Waals surface area (Å²) in [6, 6.07) is 6.20. The van der Waals surface area contributed by atoms with E-state index >= 15 is 0 Å². The van der Waals surface area contributed by atoms with Crippen LogP contribution in [0.4, 0.5) is 0 Å². The van der Waals surface area contributed by atoms with Gasteiger partial charge in [0.2, 0.25) is 0 Å². The lowest BCUT2D eigenvalue weighted by Gasteiger charge is -2.26. The van der Waals surface area contributed by atoms with Gasteiger partial charge in [0.25, 0.3) is 0 Å². The third kappa shape index (κ3) is 2.58. The van der Waals surface area contributed by atoms with Crippen molar-refractivity contribution >= 4 is 27.0 Å². The third-order valence-corrected chi connectivity index (χ3v) is 3.84. The Balaban J connectivity index is 1.72. The normalized spacial score (nSPS) is 17.4. The summed E-state index contributed by atoms with van der Waals surface area (Å²) in [6.45, 7) is 5.83. The van der Waals surface area contributed by atoms with E-state index in [1.54, 1.807) is 0 Å². The molecule has 0 aliphatic carbocycles. The lowest BCUT2D eigenvalue weighted by molar-refractivity contribution is 0.0365. The molecule has 2 heterocycles. The number of imidazole rings is 1. The van der Waals surface area contributed by atoms with Crippen LogP contribution in [0.5, 0.6) is 0 Å². The molecular formula is C13H16BrN3O. The van der Waals surface area contributed by atoms with Crippen LogP contribution in [0, 0.1) is 0 Å².